The SMILES string of the molecule is CC(=O)c1ccc2cc(OC(=O)c3cccc(C(=O)Nc4ccc(OC(=O)c5ccc6cc(O)ccc6c5)cc4)c3)ccc2c1. The monoisotopic (exact) mass is 595 g/mol. The molecule has 6 rings (SSSR count). The number of aromatic hydroxyl groups is 1. The fraction of sp³-hybridized carbons (Fsp3) is 0.0270. The Balaban J connectivity index is 1.08. The Labute approximate surface area is 257 Å². The summed E-state index contributed by atoms with van der Waals surface area (Å²) in [5, 5.41) is 15.6. The first-order chi connectivity index (χ1) is 21.7. The molecule has 0 saturated heterocycles. The van der Waals surface area contributed by atoms with E-state index < -0.39 is 17.8 Å². The number of phenolic OH excluding ortho intramolecular Hbond substituents is 1. The minimum atomic E-state index is -0.625. The summed E-state index contributed by atoms with van der Waals surface area (Å²) >= 11 is 0. The van der Waals surface area contributed by atoms with Gasteiger partial charge in [0.05, 0.1) is 11.1 Å². The van der Waals surface area contributed by atoms with E-state index in [4.69, 9.17) is 9.47 Å². The molecule has 0 atom stereocenters. The van der Waals surface area contributed by atoms with Gasteiger partial charge in [0.1, 0.15) is 17.2 Å². The van der Waals surface area contributed by atoms with Crippen LogP contribution in [0, 0.1) is 0 Å². The minimum absolute atomic E-state index is 0.0317. The maximum absolute atomic E-state index is 13.0. The largest absolute Gasteiger partial charge is 0.508 e. The van der Waals surface area contributed by atoms with Gasteiger partial charge in [-0.05, 0) is 113 Å². The number of rotatable bonds is 7. The molecule has 0 bridgehead atoms. The molecule has 0 aliphatic carbocycles. The summed E-state index contributed by atoms with van der Waals surface area (Å²) < 4.78 is 11.0. The molecule has 1 amide bonds. The molecule has 0 aliphatic heterocycles. The zero-order chi connectivity index (χ0) is 31.5. The third kappa shape index (κ3) is 6.55. The predicted octanol–water partition coefficient (Wildman–Crippen LogP) is 7.59. The number of esters is 2. The number of nitrogens with one attached hydrogen (secondary N) is 1. The van der Waals surface area contributed by atoms with E-state index in [0.29, 0.717) is 28.3 Å². The van der Waals surface area contributed by atoms with Crippen LogP contribution in [0.25, 0.3) is 21.5 Å². The van der Waals surface area contributed by atoms with E-state index in [-0.39, 0.29) is 22.7 Å². The first kappa shape index (κ1) is 28.8. The summed E-state index contributed by atoms with van der Waals surface area (Å²) in [6, 6.07) is 32.8. The van der Waals surface area contributed by atoms with Crippen molar-refractivity contribution < 1.29 is 33.8 Å². The number of benzene rings is 6. The van der Waals surface area contributed by atoms with E-state index in [1.807, 2.05) is 0 Å². The maximum Gasteiger partial charge on any atom is 0.343 e. The van der Waals surface area contributed by atoms with Gasteiger partial charge >= 0.3 is 11.9 Å². The molecule has 0 unspecified atom stereocenters. The normalized spacial score (nSPS) is 10.8. The van der Waals surface area contributed by atoms with E-state index in [2.05, 4.69) is 5.32 Å². The Hall–Kier alpha value is -6.28. The molecule has 0 heterocycles. The number of hydrogen-bond acceptors (Lipinski definition) is 7. The lowest BCUT2D eigenvalue weighted by atomic mass is 10.0. The second kappa shape index (κ2) is 12.1. The molecule has 0 radical (unpaired) electrons. The van der Waals surface area contributed by atoms with Crippen molar-refractivity contribution in [3.05, 3.63) is 144 Å². The van der Waals surface area contributed by atoms with Crippen LogP contribution in [0.5, 0.6) is 17.2 Å². The lowest BCUT2D eigenvalue weighted by molar-refractivity contribution is 0.0725. The van der Waals surface area contributed by atoms with Crippen molar-refractivity contribution in [3.8, 4) is 17.2 Å². The smallest absolute Gasteiger partial charge is 0.343 e. The fourth-order valence-electron chi connectivity index (χ4n) is 4.80. The van der Waals surface area contributed by atoms with Crippen molar-refractivity contribution in [3.63, 3.8) is 0 Å². The van der Waals surface area contributed by atoms with Gasteiger partial charge in [-0.2, -0.15) is 0 Å². The summed E-state index contributed by atoms with van der Waals surface area (Å²) in [5.74, 6) is -0.874. The number of carbonyl (C=O) groups excluding carboxylic acids is 4. The van der Waals surface area contributed by atoms with Crippen LogP contribution in [0.15, 0.2) is 121 Å². The summed E-state index contributed by atoms with van der Waals surface area (Å²) in [5.41, 5.74) is 1.86. The highest BCUT2D eigenvalue weighted by Gasteiger charge is 2.15. The van der Waals surface area contributed by atoms with Crippen LogP contribution in [0.2, 0.25) is 0 Å². The van der Waals surface area contributed by atoms with Gasteiger partial charge in [0.2, 0.25) is 0 Å². The van der Waals surface area contributed by atoms with Crippen molar-refractivity contribution in [2.24, 2.45) is 0 Å². The van der Waals surface area contributed by atoms with Crippen LogP contribution in [0.1, 0.15) is 48.4 Å². The Morgan fingerprint density at radius 1 is 0.533 bits per heavy atom. The lowest BCUT2D eigenvalue weighted by Gasteiger charge is -2.09. The number of phenols is 1. The van der Waals surface area contributed by atoms with Crippen molar-refractivity contribution >= 4 is 50.9 Å². The first-order valence-electron chi connectivity index (χ1n) is 14.0. The molecule has 45 heavy (non-hydrogen) atoms. The van der Waals surface area contributed by atoms with Crippen LogP contribution in [-0.4, -0.2) is 28.7 Å². The van der Waals surface area contributed by atoms with Crippen molar-refractivity contribution in [2.75, 3.05) is 5.32 Å². The molecule has 6 aromatic carbocycles. The number of hydrogen-bond donors (Lipinski definition) is 2. The predicted molar refractivity (Wildman–Crippen MR) is 170 cm³/mol. The average Bonchev–Trinajstić information content (AvgIpc) is 3.05. The van der Waals surface area contributed by atoms with Crippen molar-refractivity contribution in [1.82, 2.24) is 0 Å². The number of amides is 1. The zero-order valence-corrected chi connectivity index (χ0v) is 23.9. The van der Waals surface area contributed by atoms with E-state index >= 15 is 0 Å². The Kier molecular flexibility index (Phi) is 7.78. The van der Waals surface area contributed by atoms with E-state index in [1.165, 1.54) is 13.0 Å². The standard InChI is InChI=1S/C37H25NO7/c1-22(39)23-5-6-27-21-34(14-10-25(27)17-23)45-36(42)29-4-2-3-28(19-29)35(41)38-31-11-15-33(16-12-31)44-37(43)30-8-7-26-20-32(40)13-9-24(26)18-30/h2-21,40H,1H3,(H,38,41). The maximum atomic E-state index is 13.0. The Morgan fingerprint density at radius 3 is 1.80 bits per heavy atom. The summed E-state index contributed by atoms with van der Waals surface area (Å²) in [4.78, 5) is 50.2. The highest BCUT2D eigenvalue weighted by Crippen LogP contribution is 2.25. The number of carbonyl (C=O) groups is 4. The minimum Gasteiger partial charge on any atom is -0.508 e. The van der Waals surface area contributed by atoms with Gasteiger partial charge in [-0.3, -0.25) is 9.59 Å². The zero-order valence-electron chi connectivity index (χ0n) is 23.9. The molecule has 0 fully saturated rings. The molecule has 0 spiro atoms. The number of ether oxygens (including phenoxy) is 2. The molecule has 6 aromatic rings. The number of ketones is 1. The van der Waals surface area contributed by atoms with Crippen molar-refractivity contribution in [1.29, 1.82) is 0 Å². The van der Waals surface area contributed by atoms with E-state index in [9.17, 15) is 24.3 Å². The van der Waals surface area contributed by atoms with Crippen molar-refractivity contribution in [2.45, 2.75) is 6.92 Å². The van der Waals surface area contributed by atoms with Crippen LogP contribution in [-0.2, 0) is 0 Å². The molecular formula is C37H25NO7. The summed E-state index contributed by atoms with van der Waals surface area (Å²) in [6.45, 7) is 1.50. The first-order valence-corrected chi connectivity index (χ1v) is 14.0. The second-order valence-corrected chi connectivity index (χ2v) is 10.4. The second-order valence-electron chi connectivity index (χ2n) is 10.4. The third-order valence-corrected chi connectivity index (χ3v) is 7.17. The quantitative estimate of drug-likeness (QED) is 0.111. The van der Waals surface area contributed by atoms with E-state index in [0.717, 1.165) is 21.5 Å². The molecule has 0 saturated carbocycles. The topological polar surface area (TPSA) is 119 Å². The molecule has 220 valence electrons. The Morgan fingerprint density at radius 2 is 1.07 bits per heavy atom. The van der Waals surface area contributed by atoms with Crippen LogP contribution < -0.4 is 14.8 Å². The number of Topliss-reactive ketones (excluding diaryl/α,β-unsaturated/α-hetero) is 1. The molecule has 8 heteroatoms. The fourth-order valence-corrected chi connectivity index (χ4v) is 4.80. The van der Waals surface area contributed by atoms with Gasteiger partial charge in [-0.15, -0.1) is 0 Å². The number of anilines is 1. The highest BCUT2D eigenvalue weighted by atomic mass is 16.5. The van der Waals surface area contributed by atoms with Crippen LogP contribution >= 0.6 is 0 Å². The highest BCUT2D eigenvalue weighted by molar-refractivity contribution is 6.06. The molecule has 0 aromatic heterocycles. The van der Waals surface area contributed by atoms with Gasteiger partial charge in [-0.1, -0.05) is 36.4 Å². The molecule has 0 aliphatic rings. The Bertz CT molecular complexity index is 2130. The van der Waals surface area contributed by atoms with Gasteiger partial charge in [0.25, 0.3) is 5.91 Å². The summed E-state index contributed by atoms with van der Waals surface area (Å²) in [6.07, 6.45) is 0. The van der Waals surface area contributed by atoms with Gasteiger partial charge in [0, 0.05) is 16.8 Å². The van der Waals surface area contributed by atoms with Crippen LogP contribution in [0.4, 0.5) is 5.69 Å². The van der Waals surface area contributed by atoms with Gasteiger partial charge in [-0.25, -0.2) is 9.59 Å². The average molecular weight is 596 g/mol. The van der Waals surface area contributed by atoms with Crippen LogP contribution in [0.3, 0.4) is 0 Å². The number of fused-ring (bicyclic) bond motifs is 2. The van der Waals surface area contributed by atoms with Gasteiger partial charge < -0.3 is 19.9 Å². The molecular weight excluding hydrogens is 570 g/mol. The van der Waals surface area contributed by atoms with E-state index in [1.54, 1.807) is 115 Å². The third-order valence-electron chi connectivity index (χ3n) is 7.17. The van der Waals surface area contributed by atoms with Gasteiger partial charge in [0.15, 0.2) is 5.78 Å². The lowest BCUT2D eigenvalue weighted by Crippen LogP contribution is -2.14. The molecule has 8 nitrogen and oxygen atoms in total. The summed E-state index contributed by atoms with van der Waals surface area (Å²) in [7, 11) is 0. The molecule has 2 N–H and O–H groups in total.